The molecule has 0 spiro atoms. The van der Waals surface area contributed by atoms with Crippen LogP contribution in [0.2, 0.25) is 0 Å². The Kier molecular flexibility index (Phi) is 7.63. The first-order valence-corrected chi connectivity index (χ1v) is 12.1. The van der Waals surface area contributed by atoms with Crippen LogP contribution < -0.4 is 4.74 Å². The SMILES string of the molecule is CC(C)C(=O)N1CCC([C@@H]2CN(C(=O)Cc3cccnc3)C[C@H]2COc2ccccc2)CC1. The molecular weight excluding hydrogens is 414 g/mol. The van der Waals surface area contributed by atoms with Gasteiger partial charge in [-0.2, -0.15) is 0 Å². The molecule has 0 N–H and O–H groups in total. The van der Waals surface area contributed by atoms with Gasteiger partial charge in [0.1, 0.15) is 5.75 Å². The van der Waals surface area contributed by atoms with Crippen LogP contribution in [0, 0.1) is 23.7 Å². The number of carbonyl (C=O) groups excluding carboxylic acids is 2. The van der Waals surface area contributed by atoms with E-state index in [4.69, 9.17) is 4.74 Å². The zero-order valence-corrected chi connectivity index (χ0v) is 19.7. The van der Waals surface area contributed by atoms with E-state index in [1.165, 1.54) is 0 Å². The third-order valence-corrected chi connectivity index (χ3v) is 7.08. The fraction of sp³-hybridized carbons (Fsp3) is 0.519. The lowest BCUT2D eigenvalue weighted by atomic mass is 9.78. The monoisotopic (exact) mass is 449 g/mol. The van der Waals surface area contributed by atoms with Crippen LogP contribution in [0.15, 0.2) is 54.9 Å². The van der Waals surface area contributed by atoms with Gasteiger partial charge in [0.2, 0.25) is 11.8 Å². The number of hydrogen-bond acceptors (Lipinski definition) is 4. The molecule has 0 saturated carbocycles. The second-order valence-electron chi connectivity index (χ2n) is 9.70. The Labute approximate surface area is 196 Å². The highest BCUT2D eigenvalue weighted by atomic mass is 16.5. The van der Waals surface area contributed by atoms with Crippen molar-refractivity contribution in [1.29, 1.82) is 0 Å². The number of likely N-dealkylation sites (tertiary alicyclic amines) is 2. The molecule has 2 amide bonds. The van der Waals surface area contributed by atoms with Crippen LogP contribution in [0.5, 0.6) is 5.75 Å². The summed E-state index contributed by atoms with van der Waals surface area (Å²) in [7, 11) is 0. The highest BCUT2D eigenvalue weighted by Crippen LogP contribution is 2.36. The Morgan fingerprint density at radius 3 is 2.45 bits per heavy atom. The van der Waals surface area contributed by atoms with Gasteiger partial charge in [0, 0.05) is 50.4 Å². The summed E-state index contributed by atoms with van der Waals surface area (Å²) >= 11 is 0. The molecule has 6 nitrogen and oxygen atoms in total. The summed E-state index contributed by atoms with van der Waals surface area (Å²) in [6, 6.07) is 13.7. The lowest BCUT2D eigenvalue weighted by Crippen LogP contribution is -2.43. The van der Waals surface area contributed by atoms with Crippen molar-refractivity contribution in [3.05, 3.63) is 60.4 Å². The van der Waals surface area contributed by atoms with E-state index in [9.17, 15) is 9.59 Å². The third-order valence-electron chi connectivity index (χ3n) is 7.08. The van der Waals surface area contributed by atoms with Crippen LogP contribution in [-0.2, 0) is 16.0 Å². The number of piperidine rings is 1. The average molecular weight is 450 g/mol. The molecule has 0 bridgehead atoms. The molecule has 0 radical (unpaired) electrons. The summed E-state index contributed by atoms with van der Waals surface area (Å²) in [5.41, 5.74) is 0.948. The lowest BCUT2D eigenvalue weighted by molar-refractivity contribution is -0.136. The number of carbonyl (C=O) groups is 2. The number of ether oxygens (including phenoxy) is 1. The van der Waals surface area contributed by atoms with Gasteiger partial charge in [0.25, 0.3) is 0 Å². The van der Waals surface area contributed by atoms with Crippen molar-refractivity contribution in [2.45, 2.75) is 33.1 Å². The van der Waals surface area contributed by atoms with Crippen molar-refractivity contribution >= 4 is 11.8 Å². The van der Waals surface area contributed by atoms with Crippen molar-refractivity contribution in [3.63, 3.8) is 0 Å². The molecule has 6 heteroatoms. The number of para-hydroxylation sites is 1. The van der Waals surface area contributed by atoms with Crippen LogP contribution in [0.25, 0.3) is 0 Å². The number of rotatable bonds is 7. The van der Waals surface area contributed by atoms with E-state index >= 15 is 0 Å². The molecule has 1 aromatic heterocycles. The highest BCUT2D eigenvalue weighted by molar-refractivity contribution is 5.79. The maximum atomic E-state index is 13.1. The second-order valence-corrected chi connectivity index (χ2v) is 9.70. The number of pyridine rings is 1. The molecule has 4 rings (SSSR count). The van der Waals surface area contributed by atoms with Crippen LogP contribution >= 0.6 is 0 Å². The maximum absolute atomic E-state index is 13.1. The van der Waals surface area contributed by atoms with Crippen molar-refractivity contribution in [3.8, 4) is 5.75 Å². The van der Waals surface area contributed by atoms with Gasteiger partial charge in [0.15, 0.2) is 0 Å². The molecule has 2 saturated heterocycles. The standard InChI is InChI=1S/C27H35N3O3/c1-20(2)27(32)29-13-10-22(11-14-29)25-18-30(26(31)15-21-7-6-12-28-16-21)17-23(25)19-33-24-8-4-3-5-9-24/h3-9,12,16,20,22-23,25H,10-11,13-15,17-19H2,1-2H3/t23-,25-/m0/s1. The van der Waals surface area contributed by atoms with E-state index in [2.05, 4.69) is 4.98 Å². The molecule has 2 atom stereocenters. The Hall–Kier alpha value is -2.89. The largest absolute Gasteiger partial charge is 0.493 e. The van der Waals surface area contributed by atoms with Crippen molar-refractivity contribution in [1.82, 2.24) is 14.8 Å². The first-order chi connectivity index (χ1) is 16.0. The van der Waals surface area contributed by atoms with E-state index in [0.29, 0.717) is 30.8 Å². The van der Waals surface area contributed by atoms with Gasteiger partial charge in [-0.05, 0) is 48.4 Å². The number of nitrogens with zero attached hydrogens (tertiary/aromatic N) is 3. The summed E-state index contributed by atoms with van der Waals surface area (Å²) in [6.07, 6.45) is 5.87. The summed E-state index contributed by atoms with van der Waals surface area (Å²) < 4.78 is 6.14. The third kappa shape index (κ3) is 5.92. The molecule has 2 aliphatic rings. The zero-order chi connectivity index (χ0) is 23.2. The normalized spacial score (nSPS) is 21.4. The van der Waals surface area contributed by atoms with Gasteiger partial charge in [-0.1, -0.05) is 38.1 Å². The molecule has 1 aromatic carbocycles. The van der Waals surface area contributed by atoms with Gasteiger partial charge in [-0.3, -0.25) is 14.6 Å². The fourth-order valence-electron chi connectivity index (χ4n) is 5.23. The van der Waals surface area contributed by atoms with Gasteiger partial charge in [-0.25, -0.2) is 0 Å². The van der Waals surface area contributed by atoms with Gasteiger partial charge in [-0.15, -0.1) is 0 Å². The molecule has 2 aromatic rings. The smallest absolute Gasteiger partial charge is 0.227 e. The first-order valence-electron chi connectivity index (χ1n) is 12.1. The molecule has 0 unspecified atom stereocenters. The number of hydrogen-bond donors (Lipinski definition) is 0. The molecular formula is C27H35N3O3. The van der Waals surface area contributed by atoms with E-state index in [1.54, 1.807) is 12.4 Å². The Bertz CT molecular complexity index is 911. The predicted octanol–water partition coefficient (Wildman–Crippen LogP) is 3.67. The van der Waals surface area contributed by atoms with Crippen molar-refractivity contribution in [2.75, 3.05) is 32.8 Å². The van der Waals surface area contributed by atoms with Gasteiger partial charge in [0.05, 0.1) is 13.0 Å². The summed E-state index contributed by atoms with van der Waals surface area (Å²) in [5, 5.41) is 0. The number of aromatic nitrogens is 1. The minimum Gasteiger partial charge on any atom is -0.493 e. The Balaban J connectivity index is 1.41. The van der Waals surface area contributed by atoms with Crippen LogP contribution in [0.4, 0.5) is 0 Å². The molecule has 176 valence electrons. The van der Waals surface area contributed by atoms with Crippen LogP contribution in [0.3, 0.4) is 0 Å². The highest BCUT2D eigenvalue weighted by Gasteiger charge is 2.41. The van der Waals surface area contributed by atoms with E-state index < -0.39 is 0 Å². The average Bonchev–Trinajstić information content (AvgIpc) is 3.28. The lowest BCUT2D eigenvalue weighted by Gasteiger charge is -2.37. The summed E-state index contributed by atoms with van der Waals surface area (Å²) in [4.78, 5) is 33.7. The van der Waals surface area contributed by atoms with Gasteiger partial charge < -0.3 is 14.5 Å². The number of amides is 2. The van der Waals surface area contributed by atoms with Crippen LogP contribution in [0.1, 0.15) is 32.3 Å². The minimum atomic E-state index is 0.0423. The predicted molar refractivity (Wildman–Crippen MR) is 128 cm³/mol. The molecule has 3 heterocycles. The quantitative estimate of drug-likeness (QED) is 0.647. The molecule has 0 aliphatic carbocycles. The Morgan fingerprint density at radius 2 is 1.79 bits per heavy atom. The fourth-order valence-corrected chi connectivity index (χ4v) is 5.23. The van der Waals surface area contributed by atoms with E-state index in [1.807, 2.05) is 66.1 Å². The Morgan fingerprint density at radius 1 is 1.03 bits per heavy atom. The van der Waals surface area contributed by atoms with Crippen molar-refractivity contribution < 1.29 is 14.3 Å². The molecule has 2 fully saturated rings. The van der Waals surface area contributed by atoms with Crippen LogP contribution in [-0.4, -0.2) is 59.4 Å². The topological polar surface area (TPSA) is 62.7 Å². The summed E-state index contributed by atoms with van der Waals surface area (Å²) in [5.74, 6) is 2.50. The first kappa shape index (κ1) is 23.3. The van der Waals surface area contributed by atoms with E-state index in [-0.39, 0.29) is 17.7 Å². The molecule has 33 heavy (non-hydrogen) atoms. The van der Waals surface area contributed by atoms with E-state index in [0.717, 1.165) is 50.3 Å². The number of benzene rings is 1. The zero-order valence-electron chi connectivity index (χ0n) is 19.7. The van der Waals surface area contributed by atoms with Gasteiger partial charge >= 0.3 is 0 Å². The maximum Gasteiger partial charge on any atom is 0.227 e. The molecule has 2 aliphatic heterocycles. The summed E-state index contributed by atoms with van der Waals surface area (Å²) in [6.45, 7) is 7.66. The minimum absolute atomic E-state index is 0.0423. The second kappa shape index (κ2) is 10.8. The van der Waals surface area contributed by atoms with Crippen molar-refractivity contribution in [2.24, 2.45) is 23.7 Å².